The molecule has 0 aliphatic rings. The minimum Gasteiger partial charge on any atom is -0.325 e. The van der Waals surface area contributed by atoms with Crippen LogP contribution in [0.5, 0.6) is 0 Å². The number of nitrogens with one attached hydrogen (secondary N) is 1. The maximum Gasteiger partial charge on any atom is 0.230 e. The standard InChI is InChI=1S/C23H22FN3OS/c1-14(2)19-6-4-5-15(3)22(19)26-21(28)11-18-13-29-23-25-20(12-27(18)23)16-7-9-17(24)10-8-16/h4-10,12-14H,11H2,1-3H3,(H,26,28). The van der Waals surface area contributed by atoms with E-state index in [1.807, 2.05) is 35.0 Å². The molecule has 0 fully saturated rings. The summed E-state index contributed by atoms with van der Waals surface area (Å²) in [7, 11) is 0. The SMILES string of the molecule is Cc1cccc(C(C)C)c1NC(=O)Cc1csc2nc(-c3ccc(F)cc3)cn12. The van der Waals surface area contributed by atoms with Gasteiger partial charge in [-0.15, -0.1) is 11.3 Å². The number of rotatable bonds is 5. The Morgan fingerprint density at radius 1 is 1.21 bits per heavy atom. The number of carbonyl (C=O) groups is 1. The minimum absolute atomic E-state index is 0.0575. The normalized spacial score (nSPS) is 11.3. The molecule has 0 unspecified atom stereocenters. The van der Waals surface area contributed by atoms with Crippen molar-refractivity contribution in [3.8, 4) is 11.3 Å². The van der Waals surface area contributed by atoms with Gasteiger partial charge in [0, 0.05) is 28.5 Å². The first-order chi connectivity index (χ1) is 13.9. The minimum atomic E-state index is -0.274. The number of thiazole rings is 1. The lowest BCUT2D eigenvalue weighted by Gasteiger charge is -2.16. The fraction of sp³-hybridized carbons (Fsp3) is 0.217. The molecule has 0 saturated carbocycles. The van der Waals surface area contributed by atoms with Gasteiger partial charge in [-0.1, -0.05) is 32.0 Å². The molecule has 2 aromatic heterocycles. The second-order valence-corrected chi connectivity index (χ2v) is 8.27. The Labute approximate surface area is 173 Å². The number of imidazole rings is 1. The van der Waals surface area contributed by atoms with E-state index in [1.165, 1.54) is 23.5 Å². The van der Waals surface area contributed by atoms with Crippen molar-refractivity contribution in [2.24, 2.45) is 0 Å². The highest BCUT2D eigenvalue weighted by Crippen LogP contribution is 2.28. The number of fused-ring (bicyclic) bond motifs is 1. The maximum atomic E-state index is 13.2. The average molecular weight is 408 g/mol. The Bertz CT molecular complexity index is 1170. The Kier molecular flexibility index (Phi) is 5.20. The Balaban J connectivity index is 1.57. The largest absolute Gasteiger partial charge is 0.325 e. The smallest absolute Gasteiger partial charge is 0.230 e. The molecule has 4 nitrogen and oxygen atoms in total. The highest BCUT2D eigenvalue weighted by Gasteiger charge is 2.15. The van der Waals surface area contributed by atoms with Crippen LogP contribution in [0.4, 0.5) is 10.1 Å². The molecule has 2 heterocycles. The second-order valence-electron chi connectivity index (χ2n) is 7.43. The van der Waals surface area contributed by atoms with Crippen molar-refractivity contribution in [2.45, 2.75) is 33.1 Å². The molecule has 0 saturated heterocycles. The number of benzene rings is 2. The van der Waals surface area contributed by atoms with Gasteiger partial charge in [0.25, 0.3) is 0 Å². The zero-order chi connectivity index (χ0) is 20.5. The number of nitrogens with zero attached hydrogens (tertiary/aromatic N) is 2. The fourth-order valence-electron chi connectivity index (χ4n) is 3.41. The van der Waals surface area contributed by atoms with E-state index < -0.39 is 0 Å². The molecule has 29 heavy (non-hydrogen) atoms. The lowest BCUT2D eigenvalue weighted by atomic mass is 9.98. The molecule has 0 bridgehead atoms. The number of amides is 1. The van der Waals surface area contributed by atoms with E-state index >= 15 is 0 Å². The number of halogens is 1. The summed E-state index contributed by atoms with van der Waals surface area (Å²) in [5.41, 5.74) is 5.58. The fourth-order valence-corrected chi connectivity index (χ4v) is 4.28. The number of hydrogen-bond acceptors (Lipinski definition) is 3. The topological polar surface area (TPSA) is 46.4 Å². The first-order valence-corrected chi connectivity index (χ1v) is 10.4. The van der Waals surface area contributed by atoms with Crippen molar-refractivity contribution in [1.82, 2.24) is 9.38 Å². The molecular weight excluding hydrogens is 385 g/mol. The van der Waals surface area contributed by atoms with E-state index in [0.29, 0.717) is 5.92 Å². The summed E-state index contributed by atoms with van der Waals surface area (Å²) in [6.45, 7) is 6.25. The molecule has 0 atom stereocenters. The van der Waals surface area contributed by atoms with Crippen LogP contribution in [0.25, 0.3) is 16.2 Å². The van der Waals surface area contributed by atoms with Gasteiger partial charge in [-0.25, -0.2) is 9.37 Å². The van der Waals surface area contributed by atoms with Gasteiger partial charge in [0.1, 0.15) is 5.82 Å². The summed E-state index contributed by atoms with van der Waals surface area (Å²) in [4.78, 5) is 18.2. The Morgan fingerprint density at radius 2 is 1.97 bits per heavy atom. The van der Waals surface area contributed by atoms with E-state index in [0.717, 1.165) is 38.7 Å². The average Bonchev–Trinajstić information content (AvgIpc) is 3.26. The molecule has 4 rings (SSSR count). The maximum absolute atomic E-state index is 13.2. The van der Waals surface area contributed by atoms with Crippen LogP contribution in [0.15, 0.2) is 54.0 Å². The molecule has 1 N–H and O–H groups in total. The third-order valence-corrected chi connectivity index (χ3v) is 5.85. The van der Waals surface area contributed by atoms with Gasteiger partial charge in [-0.3, -0.25) is 9.20 Å². The first kappa shape index (κ1) is 19.3. The molecule has 0 aliphatic carbocycles. The van der Waals surface area contributed by atoms with Crippen molar-refractivity contribution < 1.29 is 9.18 Å². The van der Waals surface area contributed by atoms with Crippen LogP contribution in [0.3, 0.4) is 0 Å². The highest BCUT2D eigenvalue weighted by atomic mass is 32.1. The van der Waals surface area contributed by atoms with Crippen molar-refractivity contribution in [2.75, 3.05) is 5.32 Å². The molecule has 2 aromatic carbocycles. The molecule has 0 radical (unpaired) electrons. The van der Waals surface area contributed by atoms with E-state index in [4.69, 9.17) is 0 Å². The van der Waals surface area contributed by atoms with Gasteiger partial charge in [0.15, 0.2) is 4.96 Å². The summed E-state index contributed by atoms with van der Waals surface area (Å²) in [5, 5.41) is 5.05. The number of anilines is 1. The van der Waals surface area contributed by atoms with Gasteiger partial charge in [0.05, 0.1) is 12.1 Å². The predicted molar refractivity (Wildman–Crippen MR) is 116 cm³/mol. The van der Waals surface area contributed by atoms with Crippen LogP contribution in [0, 0.1) is 12.7 Å². The van der Waals surface area contributed by atoms with E-state index in [9.17, 15) is 9.18 Å². The van der Waals surface area contributed by atoms with Crippen LogP contribution in [0.1, 0.15) is 36.6 Å². The number of para-hydroxylation sites is 1. The quantitative estimate of drug-likeness (QED) is 0.453. The van der Waals surface area contributed by atoms with Gasteiger partial charge < -0.3 is 5.32 Å². The van der Waals surface area contributed by atoms with Crippen molar-refractivity contribution >= 4 is 27.9 Å². The molecule has 1 amide bonds. The van der Waals surface area contributed by atoms with Crippen LogP contribution in [0.2, 0.25) is 0 Å². The molecule has 0 spiro atoms. The Morgan fingerprint density at radius 3 is 2.69 bits per heavy atom. The third-order valence-electron chi connectivity index (χ3n) is 4.96. The van der Waals surface area contributed by atoms with Crippen molar-refractivity contribution in [1.29, 1.82) is 0 Å². The zero-order valence-corrected chi connectivity index (χ0v) is 17.4. The number of carbonyl (C=O) groups excluding carboxylic acids is 1. The molecule has 0 aliphatic heterocycles. The van der Waals surface area contributed by atoms with Gasteiger partial charge in [-0.2, -0.15) is 0 Å². The lowest BCUT2D eigenvalue weighted by molar-refractivity contribution is -0.115. The molecular formula is C23H22FN3OS. The van der Waals surface area contributed by atoms with Crippen LogP contribution in [-0.4, -0.2) is 15.3 Å². The van der Waals surface area contributed by atoms with E-state index in [-0.39, 0.29) is 18.1 Å². The third kappa shape index (κ3) is 3.93. The summed E-state index contributed by atoms with van der Waals surface area (Å²) < 4.78 is 15.1. The molecule has 6 heteroatoms. The predicted octanol–water partition coefficient (Wildman–Crippen LogP) is 5.81. The summed E-state index contributed by atoms with van der Waals surface area (Å²) in [6, 6.07) is 12.3. The molecule has 4 aromatic rings. The van der Waals surface area contributed by atoms with Crippen LogP contribution >= 0.6 is 11.3 Å². The second kappa shape index (κ2) is 7.79. The number of aromatic nitrogens is 2. The lowest BCUT2D eigenvalue weighted by Crippen LogP contribution is -2.17. The van der Waals surface area contributed by atoms with Gasteiger partial charge in [-0.05, 0) is 48.2 Å². The van der Waals surface area contributed by atoms with Crippen LogP contribution in [-0.2, 0) is 11.2 Å². The Hall–Kier alpha value is -2.99. The molecule has 148 valence electrons. The van der Waals surface area contributed by atoms with Gasteiger partial charge >= 0.3 is 0 Å². The monoisotopic (exact) mass is 407 g/mol. The number of aryl methyl sites for hydroxylation is 1. The van der Waals surface area contributed by atoms with E-state index in [1.54, 1.807) is 12.1 Å². The van der Waals surface area contributed by atoms with E-state index in [2.05, 4.69) is 30.2 Å². The summed E-state index contributed by atoms with van der Waals surface area (Å²) in [5.74, 6) is -0.00740. The van der Waals surface area contributed by atoms with Crippen molar-refractivity contribution in [3.05, 3.63) is 76.7 Å². The van der Waals surface area contributed by atoms with Crippen LogP contribution < -0.4 is 5.32 Å². The number of hydrogen-bond donors (Lipinski definition) is 1. The first-order valence-electron chi connectivity index (χ1n) is 9.53. The summed E-state index contributed by atoms with van der Waals surface area (Å²) >= 11 is 1.49. The zero-order valence-electron chi connectivity index (χ0n) is 16.6. The van der Waals surface area contributed by atoms with Crippen molar-refractivity contribution in [3.63, 3.8) is 0 Å². The highest BCUT2D eigenvalue weighted by molar-refractivity contribution is 7.15. The summed E-state index contributed by atoms with van der Waals surface area (Å²) in [6.07, 6.45) is 2.15. The van der Waals surface area contributed by atoms with Gasteiger partial charge in [0.2, 0.25) is 5.91 Å².